The number of rotatable bonds is 4. The summed E-state index contributed by atoms with van der Waals surface area (Å²) in [6.07, 6.45) is 3.85. The number of nitrogens with one attached hydrogen (secondary N) is 1. The van der Waals surface area contributed by atoms with E-state index in [9.17, 15) is 9.59 Å². The first-order valence-corrected chi connectivity index (χ1v) is 7.77. The van der Waals surface area contributed by atoms with Crippen molar-refractivity contribution in [3.05, 3.63) is 59.4 Å². The number of para-hydroxylation sites is 1. The van der Waals surface area contributed by atoms with Gasteiger partial charge in [0.15, 0.2) is 0 Å². The van der Waals surface area contributed by atoms with Crippen LogP contribution in [0.25, 0.3) is 0 Å². The highest BCUT2D eigenvalue weighted by molar-refractivity contribution is 6.34. The first kappa shape index (κ1) is 15.5. The van der Waals surface area contributed by atoms with Crippen molar-refractivity contribution in [3.8, 4) is 0 Å². The molecule has 1 aromatic carbocycles. The summed E-state index contributed by atoms with van der Waals surface area (Å²) in [6.45, 7) is 0.857. The summed E-state index contributed by atoms with van der Waals surface area (Å²) in [4.78, 5) is 30.4. The molecule has 1 atom stereocenters. The fourth-order valence-corrected chi connectivity index (χ4v) is 2.89. The van der Waals surface area contributed by atoms with Crippen molar-refractivity contribution in [3.63, 3.8) is 0 Å². The predicted molar refractivity (Wildman–Crippen MR) is 88.0 cm³/mol. The molecule has 1 N–H and O–H groups in total. The molecular weight excluding hydrogens is 314 g/mol. The van der Waals surface area contributed by atoms with E-state index in [1.165, 1.54) is 0 Å². The van der Waals surface area contributed by atoms with Crippen LogP contribution in [0, 0.1) is 5.92 Å². The van der Waals surface area contributed by atoms with Gasteiger partial charge in [0, 0.05) is 25.5 Å². The second-order valence-electron chi connectivity index (χ2n) is 5.36. The Balaban J connectivity index is 1.65. The molecule has 0 bridgehead atoms. The molecule has 0 radical (unpaired) electrons. The van der Waals surface area contributed by atoms with Crippen LogP contribution >= 0.6 is 11.6 Å². The molecule has 0 aliphatic carbocycles. The van der Waals surface area contributed by atoms with Crippen molar-refractivity contribution >= 4 is 29.1 Å². The van der Waals surface area contributed by atoms with Crippen LogP contribution < -0.4 is 10.2 Å². The van der Waals surface area contributed by atoms with Crippen LogP contribution in [0.4, 0.5) is 5.69 Å². The van der Waals surface area contributed by atoms with Gasteiger partial charge in [0.2, 0.25) is 11.8 Å². The van der Waals surface area contributed by atoms with Crippen molar-refractivity contribution in [2.45, 2.75) is 13.0 Å². The normalized spacial score (nSPS) is 17.3. The van der Waals surface area contributed by atoms with Gasteiger partial charge in [0.05, 0.1) is 10.7 Å². The fourth-order valence-electron chi connectivity index (χ4n) is 2.65. The van der Waals surface area contributed by atoms with E-state index in [1.54, 1.807) is 35.5 Å². The number of benzene rings is 1. The van der Waals surface area contributed by atoms with Gasteiger partial charge < -0.3 is 10.2 Å². The third-order valence-corrected chi connectivity index (χ3v) is 4.17. The summed E-state index contributed by atoms with van der Waals surface area (Å²) >= 11 is 6.14. The molecule has 1 aliphatic rings. The zero-order valence-corrected chi connectivity index (χ0v) is 13.2. The van der Waals surface area contributed by atoms with E-state index < -0.39 is 5.92 Å². The van der Waals surface area contributed by atoms with Gasteiger partial charge >= 0.3 is 0 Å². The molecule has 1 fully saturated rings. The topological polar surface area (TPSA) is 62.3 Å². The third kappa shape index (κ3) is 3.35. The summed E-state index contributed by atoms with van der Waals surface area (Å²) in [5.74, 6) is -1.13. The average molecular weight is 330 g/mol. The van der Waals surface area contributed by atoms with Gasteiger partial charge in [-0.3, -0.25) is 14.6 Å². The average Bonchev–Trinajstić information content (AvgIpc) is 2.95. The van der Waals surface area contributed by atoms with Gasteiger partial charge in [0.25, 0.3) is 0 Å². The summed E-state index contributed by atoms with van der Waals surface area (Å²) in [7, 11) is 0. The summed E-state index contributed by atoms with van der Waals surface area (Å²) in [6, 6.07) is 10.8. The lowest BCUT2D eigenvalue weighted by molar-refractivity contribution is -0.132. The molecule has 6 heteroatoms. The highest BCUT2D eigenvalue weighted by Gasteiger charge is 2.38. The van der Waals surface area contributed by atoms with E-state index >= 15 is 0 Å². The molecule has 2 aromatic rings. The smallest absolute Gasteiger partial charge is 0.239 e. The Labute approximate surface area is 139 Å². The van der Waals surface area contributed by atoms with E-state index in [0.29, 0.717) is 30.2 Å². The van der Waals surface area contributed by atoms with Crippen molar-refractivity contribution in [1.29, 1.82) is 0 Å². The van der Waals surface area contributed by atoms with Crippen LogP contribution in [-0.4, -0.2) is 23.3 Å². The number of halogens is 1. The van der Waals surface area contributed by atoms with Crippen LogP contribution in [0.3, 0.4) is 0 Å². The zero-order valence-electron chi connectivity index (χ0n) is 12.4. The van der Waals surface area contributed by atoms with Crippen molar-refractivity contribution in [1.82, 2.24) is 10.3 Å². The highest BCUT2D eigenvalue weighted by atomic mass is 35.5. The van der Waals surface area contributed by atoms with Gasteiger partial charge in [0.1, 0.15) is 5.92 Å². The predicted octanol–water partition coefficient (Wildman–Crippen LogP) is 2.40. The monoisotopic (exact) mass is 329 g/mol. The Morgan fingerprint density at radius 1 is 1.30 bits per heavy atom. The lowest BCUT2D eigenvalue weighted by Gasteiger charge is -2.18. The van der Waals surface area contributed by atoms with E-state index in [0.717, 1.165) is 5.56 Å². The summed E-state index contributed by atoms with van der Waals surface area (Å²) < 4.78 is 0. The second-order valence-corrected chi connectivity index (χ2v) is 5.77. The number of hydrogen-bond donors (Lipinski definition) is 1. The molecule has 0 unspecified atom stereocenters. The van der Waals surface area contributed by atoms with Crippen molar-refractivity contribution < 1.29 is 9.59 Å². The Morgan fingerprint density at radius 2 is 2.13 bits per heavy atom. The number of nitrogens with zero attached hydrogens (tertiary/aromatic N) is 2. The number of aromatic nitrogens is 1. The molecule has 0 saturated carbocycles. The SMILES string of the molecule is O=C(NCc1cccnc1)[C@H]1CCN(c2ccccc2Cl)C1=O. The first-order valence-electron chi connectivity index (χ1n) is 7.39. The van der Waals surface area contributed by atoms with Crippen LogP contribution in [0.15, 0.2) is 48.8 Å². The molecule has 5 nitrogen and oxygen atoms in total. The van der Waals surface area contributed by atoms with Crippen LogP contribution in [0.5, 0.6) is 0 Å². The lowest BCUT2D eigenvalue weighted by atomic mass is 10.1. The van der Waals surface area contributed by atoms with Crippen molar-refractivity contribution in [2.75, 3.05) is 11.4 Å². The maximum absolute atomic E-state index is 12.5. The molecular formula is C17H16ClN3O2. The molecule has 1 aliphatic heterocycles. The van der Waals surface area contributed by atoms with Crippen molar-refractivity contribution in [2.24, 2.45) is 5.92 Å². The quantitative estimate of drug-likeness (QED) is 0.876. The molecule has 1 aromatic heterocycles. The van der Waals surface area contributed by atoms with Crippen LogP contribution in [0.2, 0.25) is 5.02 Å². The molecule has 118 valence electrons. The zero-order chi connectivity index (χ0) is 16.2. The molecule has 23 heavy (non-hydrogen) atoms. The highest BCUT2D eigenvalue weighted by Crippen LogP contribution is 2.31. The second kappa shape index (κ2) is 6.79. The standard InChI is InChI=1S/C17H16ClN3O2/c18-14-5-1-2-6-15(14)21-9-7-13(17(21)23)16(22)20-11-12-4-3-8-19-10-12/h1-6,8,10,13H,7,9,11H2,(H,20,22)/t13-/m1/s1. The largest absolute Gasteiger partial charge is 0.351 e. The van der Waals surface area contributed by atoms with E-state index in [4.69, 9.17) is 11.6 Å². The van der Waals surface area contributed by atoms with Gasteiger partial charge in [-0.25, -0.2) is 0 Å². The van der Waals surface area contributed by atoms with Gasteiger partial charge in [-0.2, -0.15) is 0 Å². The minimum atomic E-state index is -0.664. The van der Waals surface area contributed by atoms with E-state index in [2.05, 4.69) is 10.3 Å². The summed E-state index contributed by atoms with van der Waals surface area (Å²) in [5, 5.41) is 3.31. The Hall–Kier alpha value is -2.40. The Morgan fingerprint density at radius 3 is 2.87 bits per heavy atom. The molecule has 2 heterocycles. The minimum absolute atomic E-state index is 0.207. The molecule has 3 rings (SSSR count). The maximum Gasteiger partial charge on any atom is 0.239 e. The Kier molecular flexibility index (Phi) is 4.57. The summed E-state index contributed by atoms with van der Waals surface area (Å²) in [5.41, 5.74) is 1.55. The molecule has 1 saturated heterocycles. The molecule has 0 spiro atoms. The number of hydrogen-bond acceptors (Lipinski definition) is 3. The van der Waals surface area contributed by atoms with Gasteiger partial charge in [-0.1, -0.05) is 29.8 Å². The third-order valence-electron chi connectivity index (χ3n) is 3.85. The first-order chi connectivity index (χ1) is 11.2. The maximum atomic E-state index is 12.5. The van der Waals surface area contributed by atoms with E-state index in [1.807, 2.05) is 18.2 Å². The molecule has 2 amide bonds. The van der Waals surface area contributed by atoms with Gasteiger partial charge in [-0.05, 0) is 30.2 Å². The number of anilines is 1. The Bertz CT molecular complexity index is 721. The number of carbonyl (C=O) groups excluding carboxylic acids is 2. The van der Waals surface area contributed by atoms with Crippen LogP contribution in [0.1, 0.15) is 12.0 Å². The minimum Gasteiger partial charge on any atom is -0.351 e. The lowest BCUT2D eigenvalue weighted by Crippen LogP contribution is -2.36. The van der Waals surface area contributed by atoms with E-state index in [-0.39, 0.29) is 11.8 Å². The van der Waals surface area contributed by atoms with Crippen LogP contribution in [-0.2, 0) is 16.1 Å². The van der Waals surface area contributed by atoms with Gasteiger partial charge in [-0.15, -0.1) is 0 Å². The fraction of sp³-hybridized carbons (Fsp3) is 0.235. The number of amides is 2. The number of pyridine rings is 1. The number of carbonyl (C=O) groups is 2.